The molecule has 1 aliphatic carbocycles. The summed E-state index contributed by atoms with van der Waals surface area (Å²) in [5, 5.41) is 3.42. The third kappa shape index (κ3) is 2.40. The van der Waals surface area contributed by atoms with Crippen molar-refractivity contribution in [1.82, 2.24) is 4.98 Å². The molecule has 0 saturated carbocycles. The van der Waals surface area contributed by atoms with Crippen LogP contribution in [0.4, 0.5) is 18.9 Å². The largest absolute Gasteiger partial charge is 0.416 e. The van der Waals surface area contributed by atoms with E-state index in [-0.39, 0.29) is 17.9 Å². The number of pyridine rings is 1. The van der Waals surface area contributed by atoms with Gasteiger partial charge in [-0.3, -0.25) is 4.98 Å². The first-order chi connectivity index (χ1) is 11.0. The maximum atomic E-state index is 13.0. The summed E-state index contributed by atoms with van der Waals surface area (Å²) >= 11 is 0. The Hall–Kier alpha value is -2.30. The van der Waals surface area contributed by atoms with Gasteiger partial charge in [0.05, 0.1) is 11.6 Å². The van der Waals surface area contributed by atoms with Crippen molar-refractivity contribution in [2.24, 2.45) is 5.92 Å². The Morgan fingerprint density at radius 2 is 2.04 bits per heavy atom. The lowest BCUT2D eigenvalue weighted by Gasteiger charge is -2.37. The van der Waals surface area contributed by atoms with Crippen molar-refractivity contribution >= 4 is 5.69 Å². The molecule has 2 aromatic rings. The van der Waals surface area contributed by atoms with Gasteiger partial charge in [-0.05, 0) is 47.7 Å². The van der Waals surface area contributed by atoms with Crippen LogP contribution in [0.25, 0.3) is 0 Å². The number of benzene rings is 1. The lowest BCUT2D eigenvalue weighted by atomic mass is 9.77. The molecule has 2 aliphatic rings. The topological polar surface area (TPSA) is 24.9 Å². The highest BCUT2D eigenvalue weighted by molar-refractivity contribution is 5.60. The molecular weight excluding hydrogens is 301 g/mol. The molecule has 0 amide bonds. The summed E-state index contributed by atoms with van der Waals surface area (Å²) in [5.74, 6) is 0.230. The summed E-state index contributed by atoms with van der Waals surface area (Å²) in [6.45, 7) is 0. The van der Waals surface area contributed by atoms with E-state index in [9.17, 15) is 13.2 Å². The predicted molar refractivity (Wildman–Crippen MR) is 82.0 cm³/mol. The predicted octanol–water partition coefficient (Wildman–Crippen LogP) is 4.93. The Morgan fingerprint density at radius 3 is 2.78 bits per heavy atom. The number of aromatic nitrogens is 1. The molecule has 1 N–H and O–H groups in total. The van der Waals surface area contributed by atoms with Gasteiger partial charge in [0.25, 0.3) is 0 Å². The lowest BCUT2D eigenvalue weighted by molar-refractivity contribution is -0.137. The molecule has 2 heterocycles. The third-order valence-electron chi connectivity index (χ3n) is 4.73. The Morgan fingerprint density at radius 1 is 1.17 bits per heavy atom. The fraction of sp³-hybridized carbons (Fsp3) is 0.278. The first-order valence-corrected chi connectivity index (χ1v) is 7.58. The second-order valence-electron chi connectivity index (χ2n) is 6.06. The zero-order valence-corrected chi connectivity index (χ0v) is 12.2. The number of hydrogen-bond acceptors (Lipinski definition) is 2. The number of anilines is 1. The van der Waals surface area contributed by atoms with Gasteiger partial charge in [0, 0.05) is 24.0 Å². The number of fused-ring (bicyclic) bond motifs is 3. The smallest absolute Gasteiger partial charge is 0.378 e. The minimum atomic E-state index is -4.31. The van der Waals surface area contributed by atoms with Crippen LogP contribution in [0.5, 0.6) is 0 Å². The van der Waals surface area contributed by atoms with E-state index in [0.29, 0.717) is 0 Å². The van der Waals surface area contributed by atoms with Crippen LogP contribution in [0, 0.1) is 5.92 Å². The number of halogens is 3. The van der Waals surface area contributed by atoms with Crippen LogP contribution in [0.15, 0.2) is 54.9 Å². The summed E-state index contributed by atoms with van der Waals surface area (Å²) in [7, 11) is 0. The van der Waals surface area contributed by atoms with Crippen LogP contribution in [-0.2, 0) is 6.18 Å². The molecule has 1 aromatic carbocycles. The zero-order valence-electron chi connectivity index (χ0n) is 12.2. The van der Waals surface area contributed by atoms with Crippen LogP contribution in [0.3, 0.4) is 0 Å². The summed E-state index contributed by atoms with van der Waals surface area (Å²) in [6.07, 6.45) is 4.19. The van der Waals surface area contributed by atoms with Crippen molar-refractivity contribution < 1.29 is 13.2 Å². The van der Waals surface area contributed by atoms with Crippen LogP contribution in [-0.4, -0.2) is 4.98 Å². The molecule has 0 saturated heterocycles. The monoisotopic (exact) mass is 316 g/mol. The van der Waals surface area contributed by atoms with Crippen molar-refractivity contribution in [2.45, 2.75) is 24.6 Å². The molecule has 0 radical (unpaired) electrons. The lowest BCUT2D eigenvalue weighted by Crippen LogP contribution is -2.29. The van der Waals surface area contributed by atoms with Gasteiger partial charge in [0.2, 0.25) is 0 Å². The number of nitrogens with zero attached hydrogens (tertiary/aromatic N) is 1. The number of rotatable bonds is 1. The van der Waals surface area contributed by atoms with Gasteiger partial charge in [0.1, 0.15) is 0 Å². The molecule has 0 fully saturated rings. The van der Waals surface area contributed by atoms with E-state index < -0.39 is 11.7 Å². The molecule has 3 atom stereocenters. The second-order valence-corrected chi connectivity index (χ2v) is 6.06. The van der Waals surface area contributed by atoms with E-state index in [1.54, 1.807) is 12.3 Å². The molecule has 1 aliphatic heterocycles. The average molecular weight is 316 g/mol. The fourth-order valence-electron chi connectivity index (χ4n) is 3.66. The minimum Gasteiger partial charge on any atom is -0.378 e. The molecule has 1 aromatic heterocycles. The normalized spacial score (nSPS) is 25.6. The fourth-order valence-corrected chi connectivity index (χ4v) is 3.66. The molecule has 0 bridgehead atoms. The quantitative estimate of drug-likeness (QED) is 0.755. The SMILES string of the molecule is FC(F)(F)c1ccc2c(c1)[C@H]1C=CC[C@H]1[C@H](c1cccnc1)N2. The van der Waals surface area contributed by atoms with Gasteiger partial charge in [-0.1, -0.05) is 18.2 Å². The molecule has 23 heavy (non-hydrogen) atoms. The van der Waals surface area contributed by atoms with Crippen molar-refractivity contribution in [1.29, 1.82) is 0 Å². The number of alkyl halides is 3. The molecule has 0 spiro atoms. The van der Waals surface area contributed by atoms with Gasteiger partial charge in [-0.15, -0.1) is 0 Å². The van der Waals surface area contributed by atoms with E-state index >= 15 is 0 Å². The first kappa shape index (κ1) is 14.3. The van der Waals surface area contributed by atoms with Crippen molar-refractivity contribution in [2.75, 3.05) is 5.32 Å². The van der Waals surface area contributed by atoms with E-state index in [4.69, 9.17) is 0 Å². The average Bonchev–Trinajstić information content (AvgIpc) is 3.03. The number of allylic oxidation sites excluding steroid dienone is 2. The maximum absolute atomic E-state index is 13.0. The van der Waals surface area contributed by atoms with Crippen LogP contribution < -0.4 is 5.32 Å². The van der Waals surface area contributed by atoms with Gasteiger partial charge in [-0.25, -0.2) is 0 Å². The van der Waals surface area contributed by atoms with Crippen LogP contribution in [0.1, 0.15) is 35.1 Å². The maximum Gasteiger partial charge on any atom is 0.416 e. The Labute approximate surface area is 132 Å². The van der Waals surface area contributed by atoms with Crippen molar-refractivity contribution in [3.8, 4) is 0 Å². The Balaban J connectivity index is 1.78. The summed E-state index contributed by atoms with van der Waals surface area (Å²) in [6, 6.07) is 7.93. The minimum absolute atomic E-state index is 0.0127. The standard InChI is InChI=1S/C18H15F3N2/c19-18(20,21)12-6-7-16-15(9-12)13-4-1-5-14(13)17(23-16)11-3-2-8-22-10-11/h1-4,6-10,13-14,17,23H,5H2/t13-,14+,17-/m0/s1. The highest BCUT2D eigenvalue weighted by Gasteiger charge is 2.39. The third-order valence-corrected chi connectivity index (χ3v) is 4.73. The highest BCUT2D eigenvalue weighted by Crippen LogP contribution is 2.50. The van der Waals surface area contributed by atoms with E-state index in [2.05, 4.69) is 16.4 Å². The second kappa shape index (κ2) is 5.11. The Bertz CT molecular complexity index is 753. The van der Waals surface area contributed by atoms with E-state index in [1.165, 1.54) is 6.07 Å². The van der Waals surface area contributed by atoms with Crippen molar-refractivity contribution in [3.05, 3.63) is 71.6 Å². The van der Waals surface area contributed by atoms with Gasteiger partial charge in [-0.2, -0.15) is 13.2 Å². The number of nitrogens with one attached hydrogen (secondary N) is 1. The van der Waals surface area contributed by atoms with Crippen LogP contribution in [0.2, 0.25) is 0 Å². The van der Waals surface area contributed by atoms with Gasteiger partial charge < -0.3 is 5.32 Å². The van der Waals surface area contributed by atoms with Gasteiger partial charge in [0.15, 0.2) is 0 Å². The molecule has 0 unspecified atom stereocenters. The van der Waals surface area contributed by atoms with E-state index in [0.717, 1.165) is 29.3 Å². The van der Waals surface area contributed by atoms with Gasteiger partial charge >= 0.3 is 6.18 Å². The molecular formula is C18H15F3N2. The molecule has 5 heteroatoms. The zero-order chi connectivity index (χ0) is 16.0. The summed E-state index contributed by atoms with van der Waals surface area (Å²) in [4.78, 5) is 4.17. The van der Waals surface area contributed by atoms with E-state index in [1.807, 2.05) is 24.4 Å². The summed E-state index contributed by atoms with van der Waals surface area (Å²) < 4.78 is 39.0. The van der Waals surface area contributed by atoms with Crippen molar-refractivity contribution in [3.63, 3.8) is 0 Å². The Kier molecular flexibility index (Phi) is 3.18. The van der Waals surface area contributed by atoms with Crippen LogP contribution >= 0.6 is 0 Å². The molecule has 4 rings (SSSR count). The molecule has 118 valence electrons. The summed E-state index contributed by atoms with van der Waals surface area (Å²) in [5.41, 5.74) is 1.99. The highest BCUT2D eigenvalue weighted by atomic mass is 19.4. The first-order valence-electron chi connectivity index (χ1n) is 7.58. The number of hydrogen-bond donors (Lipinski definition) is 1. The molecule has 2 nitrogen and oxygen atoms in total.